The van der Waals surface area contributed by atoms with E-state index in [0.717, 1.165) is 12.1 Å². The van der Waals surface area contributed by atoms with Gasteiger partial charge in [-0.3, -0.25) is 0 Å². The quantitative estimate of drug-likeness (QED) is 0.772. The van der Waals surface area contributed by atoms with E-state index in [9.17, 15) is 13.2 Å². The minimum absolute atomic E-state index is 0.338. The lowest BCUT2D eigenvalue weighted by molar-refractivity contribution is -0.137. The summed E-state index contributed by atoms with van der Waals surface area (Å²) in [6, 6.07) is 4.52. The van der Waals surface area contributed by atoms with Crippen LogP contribution in [0.4, 0.5) is 13.2 Å². The minimum Gasteiger partial charge on any atom is -0.323 e. The molecule has 0 bridgehead atoms. The standard InChI is InChI=1S/C12H12F3N/c1-2-3-4-11(16)9-5-7-10(8-6-9)12(13,14)15/h5-8,11H,4,16H2,1H3. The van der Waals surface area contributed by atoms with Crippen molar-refractivity contribution in [3.05, 3.63) is 35.4 Å². The molecule has 0 aliphatic rings. The number of hydrogen-bond donors (Lipinski definition) is 1. The number of nitrogens with two attached hydrogens (primary N) is 1. The first-order valence-electron chi connectivity index (χ1n) is 4.77. The highest BCUT2D eigenvalue weighted by molar-refractivity contribution is 5.27. The molecular weight excluding hydrogens is 215 g/mol. The third kappa shape index (κ3) is 3.28. The van der Waals surface area contributed by atoms with Crippen molar-refractivity contribution in [2.75, 3.05) is 0 Å². The monoisotopic (exact) mass is 227 g/mol. The number of rotatable bonds is 2. The summed E-state index contributed by atoms with van der Waals surface area (Å²) in [5.74, 6) is 5.49. The molecule has 0 fully saturated rings. The molecule has 2 N–H and O–H groups in total. The van der Waals surface area contributed by atoms with E-state index < -0.39 is 11.7 Å². The van der Waals surface area contributed by atoms with Crippen molar-refractivity contribution in [3.8, 4) is 11.8 Å². The zero-order valence-electron chi connectivity index (χ0n) is 8.81. The Labute approximate surface area is 92.5 Å². The normalized spacial score (nSPS) is 12.8. The highest BCUT2D eigenvalue weighted by atomic mass is 19.4. The van der Waals surface area contributed by atoms with Gasteiger partial charge in [-0.1, -0.05) is 12.1 Å². The Hall–Kier alpha value is -1.47. The molecule has 1 nitrogen and oxygen atoms in total. The molecule has 0 amide bonds. The van der Waals surface area contributed by atoms with Gasteiger partial charge >= 0.3 is 6.18 Å². The summed E-state index contributed by atoms with van der Waals surface area (Å²) in [4.78, 5) is 0. The van der Waals surface area contributed by atoms with Crippen LogP contribution in [0.25, 0.3) is 0 Å². The van der Waals surface area contributed by atoms with E-state index in [2.05, 4.69) is 11.8 Å². The summed E-state index contributed by atoms with van der Waals surface area (Å²) in [5, 5.41) is 0. The molecule has 0 heterocycles. The van der Waals surface area contributed by atoms with Gasteiger partial charge in [0.05, 0.1) is 5.56 Å². The van der Waals surface area contributed by atoms with Gasteiger partial charge in [-0.15, -0.1) is 11.8 Å². The van der Waals surface area contributed by atoms with Crippen molar-refractivity contribution in [2.45, 2.75) is 25.6 Å². The van der Waals surface area contributed by atoms with Crippen LogP contribution in [0.2, 0.25) is 0 Å². The van der Waals surface area contributed by atoms with Gasteiger partial charge in [-0.05, 0) is 24.6 Å². The van der Waals surface area contributed by atoms with Gasteiger partial charge in [-0.25, -0.2) is 0 Å². The average molecular weight is 227 g/mol. The van der Waals surface area contributed by atoms with E-state index in [1.165, 1.54) is 12.1 Å². The van der Waals surface area contributed by atoms with Gasteiger partial charge in [0.2, 0.25) is 0 Å². The lowest BCUT2D eigenvalue weighted by Crippen LogP contribution is -2.10. The summed E-state index contributed by atoms with van der Waals surface area (Å²) < 4.78 is 36.8. The van der Waals surface area contributed by atoms with Crippen LogP contribution in [0, 0.1) is 11.8 Å². The molecule has 0 aliphatic carbocycles. The van der Waals surface area contributed by atoms with Crippen LogP contribution < -0.4 is 5.73 Å². The van der Waals surface area contributed by atoms with E-state index in [-0.39, 0.29) is 6.04 Å². The van der Waals surface area contributed by atoms with Crippen LogP contribution in [-0.4, -0.2) is 0 Å². The van der Waals surface area contributed by atoms with Crippen LogP contribution in [0.5, 0.6) is 0 Å². The Morgan fingerprint density at radius 2 is 1.81 bits per heavy atom. The molecule has 0 saturated carbocycles. The van der Waals surface area contributed by atoms with Crippen molar-refractivity contribution in [2.24, 2.45) is 5.73 Å². The largest absolute Gasteiger partial charge is 0.416 e. The zero-order chi connectivity index (χ0) is 12.2. The third-order valence-corrected chi connectivity index (χ3v) is 2.16. The van der Waals surface area contributed by atoms with Gasteiger partial charge in [0.25, 0.3) is 0 Å². The molecule has 0 aliphatic heterocycles. The molecule has 16 heavy (non-hydrogen) atoms. The molecule has 1 aromatic carbocycles. The molecule has 1 atom stereocenters. The fraction of sp³-hybridized carbons (Fsp3) is 0.333. The maximum Gasteiger partial charge on any atom is 0.416 e. The van der Waals surface area contributed by atoms with Gasteiger partial charge in [-0.2, -0.15) is 13.2 Å². The van der Waals surface area contributed by atoms with E-state index in [1.54, 1.807) is 6.92 Å². The smallest absolute Gasteiger partial charge is 0.323 e. The van der Waals surface area contributed by atoms with E-state index in [1.807, 2.05) is 0 Å². The number of halogens is 3. The first-order chi connectivity index (χ1) is 7.45. The van der Waals surface area contributed by atoms with Crippen molar-refractivity contribution < 1.29 is 13.2 Å². The molecule has 1 aromatic rings. The van der Waals surface area contributed by atoms with Crippen LogP contribution in [0.3, 0.4) is 0 Å². The van der Waals surface area contributed by atoms with Gasteiger partial charge in [0.15, 0.2) is 0 Å². The van der Waals surface area contributed by atoms with E-state index in [4.69, 9.17) is 5.73 Å². The first-order valence-corrected chi connectivity index (χ1v) is 4.77. The van der Waals surface area contributed by atoms with Crippen LogP contribution >= 0.6 is 0 Å². The molecule has 86 valence electrons. The molecule has 0 radical (unpaired) electrons. The van der Waals surface area contributed by atoms with E-state index >= 15 is 0 Å². The second-order valence-electron chi connectivity index (χ2n) is 3.36. The maximum absolute atomic E-state index is 12.3. The summed E-state index contributed by atoms with van der Waals surface area (Å²) in [6.45, 7) is 1.69. The Morgan fingerprint density at radius 3 is 2.25 bits per heavy atom. The van der Waals surface area contributed by atoms with Crippen LogP contribution in [0.15, 0.2) is 24.3 Å². The van der Waals surface area contributed by atoms with Crippen molar-refractivity contribution in [1.82, 2.24) is 0 Å². The fourth-order valence-electron chi connectivity index (χ4n) is 1.25. The maximum atomic E-state index is 12.3. The fourth-order valence-corrected chi connectivity index (χ4v) is 1.25. The SMILES string of the molecule is CC#CCC(N)c1ccc(C(F)(F)F)cc1. The second kappa shape index (κ2) is 5.04. The molecule has 4 heteroatoms. The minimum atomic E-state index is -4.30. The highest BCUT2D eigenvalue weighted by Gasteiger charge is 2.30. The summed E-state index contributed by atoms with van der Waals surface area (Å²) >= 11 is 0. The number of benzene rings is 1. The Bertz CT molecular complexity index is 395. The highest BCUT2D eigenvalue weighted by Crippen LogP contribution is 2.29. The first kappa shape index (κ1) is 12.6. The number of alkyl halides is 3. The zero-order valence-corrected chi connectivity index (χ0v) is 8.81. The Morgan fingerprint density at radius 1 is 1.25 bits per heavy atom. The van der Waals surface area contributed by atoms with Crippen molar-refractivity contribution >= 4 is 0 Å². The lowest BCUT2D eigenvalue weighted by atomic mass is 10.0. The second-order valence-corrected chi connectivity index (χ2v) is 3.36. The summed E-state index contributed by atoms with van der Waals surface area (Å²) in [7, 11) is 0. The van der Waals surface area contributed by atoms with Crippen LogP contribution in [0.1, 0.15) is 30.5 Å². The summed E-state index contributed by atoms with van der Waals surface area (Å²) in [5.41, 5.74) is 5.76. The lowest BCUT2D eigenvalue weighted by Gasteiger charge is -2.11. The van der Waals surface area contributed by atoms with Crippen molar-refractivity contribution in [1.29, 1.82) is 0 Å². The van der Waals surface area contributed by atoms with Crippen LogP contribution in [-0.2, 0) is 6.18 Å². The molecule has 1 unspecified atom stereocenters. The molecule has 0 aromatic heterocycles. The average Bonchev–Trinajstić information content (AvgIpc) is 2.25. The molecule has 0 spiro atoms. The predicted molar refractivity (Wildman–Crippen MR) is 56.4 cm³/mol. The topological polar surface area (TPSA) is 26.0 Å². The summed E-state index contributed by atoms with van der Waals surface area (Å²) in [6.07, 6.45) is -3.85. The Balaban J connectivity index is 2.81. The van der Waals surface area contributed by atoms with Gasteiger partial charge < -0.3 is 5.73 Å². The Kier molecular flexibility index (Phi) is 3.97. The van der Waals surface area contributed by atoms with Gasteiger partial charge in [0.1, 0.15) is 0 Å². The van der Waals surface area contributed by atoms with Gasteiger partial charge in [0, 0.05) is 12.5 Å². The molecule has 0 saturated heterocycles. The van der Waals surface area contributed by atoms with Crippen molar-refractivity contribution in [3.63, 3.8) is 0 Å². The number of hydrogen-bond acceptors (Lipinski definition) is 1. The van der Waals surface area contributed by atoms with E-state index in [0.29, 0.717) is 12.0 Å². The molecule has 1 rings (SSSR count). The third-order valence-electron chi connectivity index (χ3n) is 2.16. The molecular formula is C12H12F3N. The predicted octanol–water partition coefficient (Wildman–Crippen LogP) is 3.12.